The zero-order chi connectivity index (χ0) is 10.0. The van der Waals surface area contributed by atoms with Crippen molar-refractivity contribution in [3.8, 4) is 0 Å². The van der Waals surface area contributed by atoms with Crippen LogP contribution in [0.5, 0.6) is 0 Å². The summed E-state index contributed by atoms with van der Waals surface area (Å²) in [6.07, 6.45) is 1.29. The maximum atomic E-state index is 10.7. The Morgan fingerprint density at radius 3 is 2.62 bits per heavy atom. The number of nitrogens with zero attached hydrogens (tertiary/aromatic N) is 1. The van der Waals surface area contributed by atoms with E-state index in [9.17, 15) is 4.79 Å². The Morgan fingerprint density at radius 1 is 1.54 bits per heavy atom. The molecule has 0 aliphatic rings. The molecule has 1 aromatic heterocycles. The summed E-state index contributed by atoms with van der Waals surface area (Å²) in [7, 11) is 0. The first-order valence-electron chi connectivity index (χ1n) is 3.74. The number of nitrogen functional groups attached to an aromatic ring is 1. The summed E-state index contributed by atoms with van der Waals surface area (Å²) in [6, 6.07) is 0. The maximum absolute atomic E-state index is 10.7. The van der Waals surface area contributed by atoms with E-state index < -0.39 is 5.97 Å². The number of hydrogen-bond acceptors (Lipinski definition) is 4. The Balaban J connectivity index is 3.31. The number of nitrogens with two attached hydrogens (primary N) is 1. The number of nitrogens with one attached hydrogen (secondary N) is 1. The number of hydrogen-bond donors (Lipinski definition) is 3. The summed E-state index contributed by atoms with van der Waals surface area (Å²) in [5, 5.41) is 8.76. The van der Waals surface area contributed by atoms with Crippen LogP contribution < -0.4 is 11.3 Å². The minimum Gasteiger partial charge on any atom is -0.478 e. The minimum absolute atomic E-state index is 0.205. The second-order valence-corrected chi connectivity index (χ2v) is 2.72. The standard InChI is InChI=1S/C8H11N3O2/c1-4-5(2)7(11-9)10-3-6(4)8(12)13/h3H,9H2,1-2H3,(H,10,11)(H,12,13). The number of aromatic carboxylic acids is 1. The highest BCUT2D eigenvalue weighted by Gasteiger charge is 2.11. The molecule has 0 fully saturated rings. The Kier molecular flexibility index (Phi) is 2.48. The molecule has 0 aliphatic heterocycles. The van der Waals surface area contributed by atoms with E-state index in [0.29, 0.717) is 11.4 Å². The van der Waals surface area contributed by atoms with E-state index in [0.717, 1.165) is 5.56 Å². The van der Waals surface area contributed by atoms with Gasteiger partial charge in [0.05, 0.1) is 5.56 Å². The molecule has 4 N–H and O–H groups in total. The van der Waals surface area contributed by atoms with Crippen molar-refractivity contribution in [2.24, 2.45) is 5.84 Å². The van der Waals surface area contributed by atoms with Gasteiger partial charge >= 0.3 is 5.97 Å². The van der Waals surface area contributed by atoms with Crippen molar-refractivity contribution in [1.82, 2.24) is 4.98 Å². The number of carboxylic acids is 1. The van der Waals surface area contributed by atoms with Gasteiger partial charge in [0.25, 0.3) is 0 Å². The smallest absolute Gasteiger partial charge is 0.337 e. The minimum atomic E-state index is -0.975. The van der Waals surface area contributed by atoms with Crippen LogP contribution in [0.1, 0.15) is 21.5 Å². The normalized spacial score (nSPS) is 9.77. The summed E-state index contributed by atoms with van der Waals surface area (Å²) in [5.41, 5.74) is 4.03. The summed E-state index contributed by atoms with van der Waals surface area (Å²) in [5.74, 6) is 4.71. The Morgan fingerprint density at radius 2 is 2.15 bits per heavy atom. The largest absolute Gasteiger partial charge is 0.478 e. The highest BCUT2D eigenvalue weighted by molar-refractivity contribution is 5.89. The van der Waals surface area contributed by atoms with Gasteiger partial charge in [0.15, 0.2) is 0 Å². The molecule has 5 heteroatoms. The van der Waals surface area contributed by atoms with Gasteiger partial charge in [-0.05, 0) is 25.0 Å². The van der Waals surface area contributed by atoms with E-state index in [1.807, 2.05) is 0 Å². The second kappa shape index (κ2) is 3.40. The van der Waals surface area contributed by atoms with E-state index >= 15 is 0 Å². The number of rotatable bonds is 2. The van der Waals surface area contributed by atoms with Gasteiger partial charge in [-0.1, -0.05) is 0 Å². The molecule has 0 radical (unpaired) electrons. The van der Waals surface area contributed by atoms with Gasteiger partial charge in [0.2, 0.25) is 0 Å². The predicted molar refractivity (Wildman–Crippen MR) is 48.5 cm³/mol. The molecule has 0 saturated carbocycles. The van der Waals surface area contributed by atoms with Crippen molar-refractivity contribution in [1.29, 1.82) is 0 Å². The first kappa shape index (κ1) is 9.47. The van der Waals surface area contributed by atoms with Crippen LogP contribution in [0.2, 0.25) is 0 Å². The summed E-state index contributed by atoms with van der Waals surface area (Å²) in [4.78, 5) is 14.5. The lowest BCUT2D eigenvalue weighted by Gasteiger charge is -2.08. The van der Waals surface area contributed by atoms with Gasteiger partial charge < -0.3 is 10.5 Å². The fourth-order valence-corrected chi connectivity index (χ4v) is 1.06. The highest BCUT2D eigenvalue weighted by Crippen LogP contribution is 2.18. The molecule has 1 heterocycles. The fourth-order valence-electron chi connectivity index (χ4n) is 1.06. The van der Waals surface area contributed by atoms with Crippen LogP contribution in [-0.2, 0) is 0 Å². The third kappa shape index (κ3) is 1.59. The monoisotopic (exact) mass is 181 g/mol. The van der Waals surface area contributed by atoms with Gasteiger partial charge in [0.1, 0.15) is 5.82 Å². The molecule has 0 spiro atoms. The molecule has 0 bridgehead atoms. The molecule has 0 unspecified atom stereocenters. The average molecular weight is 181 g/mol. The van der Waals surface area contributed by atoms with Crippen LogP contribution in [0.15, 0.2) is 6.20 Å². The highest BCUT2D eigenvalue weighted by atomic mass is 16.4. The molecule has 13 heavy (non-hydrogen) atoms. The van der Waals surface area contributed by atoms with Crippen LogP contribution in [0, 0.1) is 13.8 Å². The molecule has 0 aromatic carbocycles. The van der Waals surface area contributed by atoms with Gasteiger partial charge in [-0.2, -0.15) is 0 Å². The van der Waals surface area contributed by atoms with E-state index in [4.69, 9.17) is 10.9 Å². The zero-order valence-corrected chi connectivity index (χ0v) is 7.46. The fraction of sp³-hybridized carbons (Fsp3) is 0.250. The number of carboxylic acid groups (broad SMARTS) is 1. The Hall–Kier alpha value is -1.62. The first-order valence-corrected chi connectivity index (χ1v) is 3.74. The number of aromatic nitrogens is 1. The number of anilines is 1. The summed E-state index contributed by atoms with van der Waals surface area (Å²) < 4.78 is 0. The van der Waals surface area contributed by atoms with Gasteiger partial charge in [0, 0.05) is 6.20 Å². The van der Waals surface area contributed by atoms with E-state index in [1.54, 1.807) is 13.8 Å². The van der Waals surface area contributed by atoms with Gasteiger partial charge in [-0.25, -0.2) is 15.6 Å². The van der Waals surface area contributed by atoms with Crippen LogP contribution in [0.25, 0.3) is 0 Å². The molecule has 0 atom stereocenters. The topological polar surface area (TPSA) is 88.2 Å². The van der Waals surface area contributed by atoms with Crippen molar-refractivity contribution in [2.45, 2.75) is 13.8 Å². The van der Waals surface area contributed by atoms with Crippen molar-refractivity contribution < 1.29 is 9.90 Å². The molecule has 1 rings (SSSR count). The first-order chi connectivity index (χ1) is 6.07. The quantitative estimate of drug-likeness (QED) is 0.461. The molecule has 70 valence electrons. The SMILES string of the molecule is Cc1c(C(=O)O)cnc(NN)c1C. The number of pyridine rings is 1. The van der Waals surface area contributed by atoms with Gasteiger partial charge in [-0.15, -0.1) is 0 Å². The molecule has 0 saturated heterocycles. The van der Waals surface area contributed by atoms with Crippen molar-refractivity contribution >= 4 is 11.8 Å². The van der Waals surface area contributed by atoms with Crippen LogP contribution in [0.3, 0.4) is 0 Å². The third-order valence-corrected chi connectivity index (χ3v) is 2.01. The lowest BCUT2D eigenvalue weighted by Crippen LogP contribution is -2.12. The van der Waals surface area contributed by atoms with E-state index in [-0.39, 0.29) is 5.56 Å². The number of hydrazine groups is 1. The molecule has 0 aliphatic carbocycles. The maximum Gasteiger partial charge on any atom is 0.337 e. The number of carbonyl (C=O) groups is 1. The molecule has 5 nitrogen and oxygen atoms in total. The molecule has 0 amide bonds. The Labute approximate surface area is 75.6 Å². The van der Waals surface area contributed by atoms with E-state index in [2.05, 4.69) is 10.4 Å². The average Bonchev–Trinajstić information content (AvgIpc) is 2.09. The molecular formula is C8H11N3O2. The van der Waals surface area contributed by atoms with Crippen molar-refractivity contribution in [3.63, 3.8) is 0 Å². The lowest BCUT2D eigenvalue weighted by molar-refractivity contribution is 0.0695. The van der Waals surface area contributed by atoms with E-state index in [1.165, 1.54) is 6.20 Å². The van der Waals surface area contributed by atoms with Gasteiger partial charge in [-0.3, -0.25) is 0 Å². The van der Waals surface area contributed by atoms with Crippen LogP contribution >= 0.6 is 0 Å². The molecular weight excluding hydrogens is 170 g/mol. The van der Waals surface area contributed by atoms with Crippen molar-refractivity contribution in [2.75, 3.05) is 5.43 Å². The zero-order valence-electron chi connectivity index (χ0n) is 7.46. The third-order valence-electron chi connectivity index (χ3n) is 2.01. The van der Waals surface area contributed by atoms with Crippen molar-refractivity contribution in [3.05, 3.63) is 22.9 Å². The lowest BCUT2D eigenvalue weighted by atomic mass is 10.1. The summed E-state index contributed by atoms with van der Waals surface area (Å²) in [6.45, 7) is 3.49. The predicted octanol–water partition coefficient (Wildman–Crippen LogP) is 0.682. The molecule has 1 aromatic rings. The second-order valence-electron chi connectivity index (χ2n) is 2.72. The van der Waals surface area contributed by atoms with Crippen LogP contribution in [-0.4, -0.2) is 16.1 Å². The Bertz CT molecular complexity index is 349. The summed E-state index contributed by atoms with van der Waals surface area (Å²) >= 11 is 0. The van der Waals surface area contributed by atoms with Crippen LogP contribution in [0.4, 0.5) is 5.82 Å².